The first-order valence-electron chi connectivity index (χ1n) is 3.41. The highest BCUT2D eigenvalue weighted by atomic mass is 79.9. The van der Waals surface area contributed by atoms with Gasteiger partial charge in [-0.25, -0.2) is 8.78 Å². The van der Waals surface area contributed by atoms with Gasteiger partial charge < -0.3 is 0 Å². The van der Waals surface area contributed by atoms with Crippen LogP contribution in [-0.4, -0.2) is 5.33 Å². The van der Waals surface area contributed by atoms with Crippen molar-refractivity contribution in [2.45, 2.75) is 0 Å². The molecule has 0 unspecified atom stereocenters. The summed E-state index contributed by atoms with van der Waals surface area (Å²) in [5, 5.41) is 0.628. The quantitative estimate of drug-likeness (QED) is 0.687. The highest BCUT2D eigenvalue weighted by molar-refractivity contribution is 9.09. The molecule has 0 aliphatic rings. The minimum Gasteiger partial charge on any atom is -0.207 e. The van der Waals surface area contributed by atoms with E-state index in [9.17, 15) is 8.78 Å². The molecule has 1 aromatic carbocycles. The van der Waals surface area contributed by atoms with Crippen molar-refractivity contribution in [3.8, 4) is 0 Å². The van der Waals surface area contributed by atoms with Crippen LogP contribution in [0.5, 0.6) is 0 Å². The number of alkyl halides is 1. The highest BCUT2D eigenvalue weighted by Gasteiger charge is 1.98. The van der Waals surface area contributed by atoms with E-state index in [1.165, 1.54) is 6.08 Å². The maximum Gasteiger partial charge on any atom is 0.130 e. The minimum absolute atomic E-state index is 0.273. The lowest BCUT2D eigenvalue weighted by atomic mass is 10.2. The molecular weight excluding hydrogens is 226 g/mol. The number of allylic oxidation sites excluding steroid dienone is 1. The van der Waals surface area contributed by atoms with Crippen LogP contribution in [0, 0.1) is 11.6 Å². The third-order valence-electron chi connectivity index (χ3n) is 1.34. The van der Waals surface area contributed by atoms with Crippen molar-refractivity contribution in [3.63, 3.8) is 0 Å². The summed E-state index contributed by atoms with van der Waals surface area (Å²) < 4.78 is 25.4. The summed E-state index contributed by atoms with van der Waals surface area (Å²) in [6, 6.07) is 3.37. The second-order valence-corrected chi connectivity index (χ2v) is 2.87. The Morgan fingerprint density at radius 2 is 2.08 bits per heavy atom. The first kappa shape index (κ1) is 9.39. The second kappa shape index (κ2) is 4.36. The molecule has 0 spiro atoms. The summed E-state index contributed by atoms with van der Waals surface area (Å²) in [4.78, 5) is 0. The monoisotopic (exact) mass is 232 g/mol. The van der Waals surface area contributed by atoms with E-state index in [2.05, 4.69) is 15.9 Å². The molecule has 64 valence electrons. The number of hydrogen-bond donors (Lipinski definition) is 0. The van der Waals surface area contributed by atoms with Gasteiger partial charge in [-0.3, -0.25) is 0 Å². The van der Waals surface area contributed by atoms with Gasteiger partial charge in [0.1, 0.15) is 11.6 Å². The first-order valence-corrected chi connectivity index (χ1v) is 4.53. The standard InChI is InChI=1S/C9H7BrF2/c10-5-1-2-7-6-8(11)3-4-9(7)12/h1-4,6H,5H2/b2-1+. The van der Waals surface area contributed by atoms with Crippen molar-refractivity contribution in [2.24, 2.45) is 0 Å². The van der Waals surface area contributed by atoms with Gasteiger partial charge >= 0.3 is 0 Å². The van der Waals surface area contributed by atoms with E-state index < -0.39 is 11.6 Å². The average Bonchev–Trinajstić information content (AvgIpc) is 2.07. The fourth-order valence-electron chi connectivity index (χ4n) is 0.814. The maximum atomic E-state index is 12.9. The lowest BCUT2D eigenvalue weighted by Gasteiger charge is -1.95. The molecule has 1 rings (SSSR count). The zero-order valence-electron chi connectivity index (χ0n) is 6.23. The second-order valence-electron chi connectivity index (χ2n) is 2.22. The number of hydrogen-bond acceptors (Lipinski definition) is 0. The first-order chi connectivity index (χ1) is 5.74. The number of benzene rings is 1. The van der Waals surface area contributed by atoms with Gasteiger partial charge in [-0.15, -0.1) is 0 Å². The molecule has 0 fully saturated rings. The summed E-state index contributed by atoms with van der Waals surface area (Å²) in [6.07, 6.45) is 3.24. The molecular formula is C9H7BrF2. The van der Waals surface area contributed by atoms with E-state index in [4.69, 9.17) is 0 Å². The molecule has 0 aliphatic carbocycles. The summed E-state index contributed by atoms with van der Waals surface area (Å²) in [5.74, 6) is -0.834. The predicted octanol–water partition coefficient (Wildman–Crippen LogP) is 3.37. The van der Waals surface area contributed by atoms with Crippen molar-refractivity contribution < 1.29 is 8.78 Å². The van der Waals surface area contributed by atoms with Gasteiger partial charge in [0.25, 0.3) is 0 Å². The van der Waals surface area contributed by atoms with Crippen LogP contribution in [0.1, 0.15) is 5.56 Å². The topological polar surface area (TPSA) is 0 Å². The summed E-state index contributed by atoms with van der Waals surface area (Å²) in [7, 11) is 0. The van der Waals surface area contributed by atoms with Crippen LogP contribution in [0.25, 0.3) is 6.08 Å². The zero-order chi connectivity index (χ0) is 8.97. The molecule has 12 heavy (non-hydrogen) atoms. The molecule has 0 saturated heterocycles. The van der Waals surface area contributed by atoms with Gasteiger partial charge in [0, 0.05) is 10.9 Å². The molecule has 0 bridgehead atoms. The van der Waals surface area contributed by atoms with Gasteiger partial charge in [0.15, 0.2) is 0 Å². The minimum atomic E-state index is -0.425. The van der Waals surface area contributed by atoms with Gasteiger partial charge in [0.05, 0.1) is 0 Å². The number of rotatable bonds is 2. The third-order valence-corrected chi connectivity index (χ3v) is 1.72. The molecule has 0 aromatic heterocycles. The Morgan fingerprint density at radius 3 is 2.75 bits per heavy atom. The van der Waals surface area contributed by atoms with Crippen LogP contribution < -0.4 is 0 Å². The van der Waals surface area contributed by atoms with Gasteiger partial charge in [-0.1, -0.05) is 28.1 Å². The Bertz CT molecular complexity index is 295. The van der Waals surface area contributed by atoms with Crippen LogP contribution in [0.2, 0.25) is 0 Å². The third kappa shape index (κ3) is 2.41. The van der Waals surface area contributed by atoms with Gasteiger partial charge in [-0.05, 0) is 18.2 Å². The van der Waals surface area contributed by atoms with E-state index in [1.807, 2.05) is 0 Å². The SMILES string of the molecule is Fc1ccc(F)c(/C=C/CBr)c1. The van der Waals surface area contributed by atoms with Crippen molar-refractivity contribution in [1.82, 2.24) is 0 Å². The molecule has 0 radical (unpaired) electrons. The van der Waals surface area contributed by atoms with E-state index in [0.717, 1.165) is 18.2 Å². The molecule has 0 aliphatic heterocycles. The van der Waals surface area contributed by atoms with Crippen LogP contribution in [-0.2, 0) is 0 Å². The zero-order valence-corrected chi connectivity index (χ0v) is 7.81. The smallest absolute Gasteiger partial charge is 0.130 e. The molecule has 0 heterocycles. The van der Waals surface area contributed by atoms with Crippen LogP contribution in [0.15, 0.2) is 24.3 Å². The van der Waals surface area contributed by atoms with E-state index in [-0.39, 0.29) is 5.56 Å². The summed E-state index contributed by atoms with van der Waals surface area (Å²) in [5.41, 5.74) is 0.273. The van der Waals surface area contributed by atoms with Crippen LogP contribution >= 0.6 is 15.9 Å². The normalized spacial score (nSPS) is 10.9. The number of halogens is 3. The summed E-state index contributed by atoms with van der Waals surface area (Å²) >= 11 is 3.15. The highest BCUT2D eigenvalue weighted by Crippen LogP contribution is 2.11. The summed E-state index contributed by atoms with van der Waals surface area (Å²) in [6.45, 7) is 0. The van der Waals surface area contributed by atoms with Crippen LogP contribution in [0.3, 0.4) is 0 Å². The average molecular weight is 233 g/mol. The Hall–Kier alpha value is -0.700. The molecule has 0 atom stereocenters. The van der Waals surface area contributed by atoms with Gasteiger partial charge in [0.2, 0.25) is 0 Å². The molecule has 0 N–H and O–H groups in total. The van der Waals surface area contributed by atoms with E-state index in [0.29, 0.717) is 5.33 Å². The Balaban J connectivity index is 2.97. The van der Waals surface area contributed by atoms with Crippen molar-refractivity contribution in [3.05, 3.63) is 41.5 Å². The Labute approximate surface area is 78.0 Å². The fourth-order valence-corrected chi connectivity index (χ4v) is 1.00. The lowest BCUT2D eigenvalue weighted by Crippen LogP contribution is -1.83. The fraction of sp³-hybridized carbons (Fsp3) is 0.111. The van der Waals surface area contributed by atoms with Crippen molar-refractivity contribution in [2.75, 3.05) is 5.33 Å². The molecule has 1 aromatic rings. The van der Waals surface area contributed by atoms with Crippen molar-refractivity contribution in [1.29, 1.82) is 0 Å². The predicted molar refractivity (Wildman–Crippen MR) is 49.2 cm³/mol. The van der Waals surface area contributed by atoms with Crippen LogP contribution in [0.4, 0.5) is 8.78 Å². The van der Waals surface area contributed by atoms with Crippen molar-refractivity contribution >= 4 is 22.0 Å². The maximum absolute atomic E-state index is 12.9. The molecule has 0 saturated carbocycles. The Kier molecular flexibility index (Phi) is 3.41. The Morgan fingerprint density at radius 1 is 1.33 bits per heavy atom. The van der Waals surface area contributed by atoms with Gasteiger partial charge in [-0.2, -0.15) is 0 Å². The molecule has 0 amide bonds. The largest absolute Gasteiger partial charge is 0.207 e. The lowest BCUT2D eigenvalue weighted by molar-refractivity contribution is 0.598. The van der Waals surface area contributed by atoms with E-state index in [1.54, 1.807) is 6.08 Å². The van der Waals surface area contributed by atoms with E-state index >= 15 is 0 Å². The molecule has 3 heteroatoms. The molecule has 0 nitrogen and oxygen atoms in total.